The summed E-state index contributed by atoms with van der Waals surface area (Å²) in [6.07, 6.45) is 3.77. The van der Waals surface area contributed by atoms with Crippen molar-refractivity contribution in [3.63, 3.8) is 0 Å². The van der Waals surface area contributed by atoms with Crippen LogP contribution in [0.4, 0.5) is 5.69 Å². The normalized spacial score (nSPS) is 10.7. The zero-order valence-electron chi connectivity index (χ0n) is 16.2. The number of rotatable bonds is 6. The second-order valence-electron chi connectivity index (χ2n) is 6.41. The van der Waals surface area contributed by atoms with Crippen LogP contribution in [-0.4, -0.2) is 33.4 Å². The van der Waals surface area contributed by atoms with Gasteiger partial charge in [-0.1, -0.05) is 19.1 Å². The van der Waals surface area contributed by atoms with E-state index in [4.69, 9.17) is 4.74 Å². The Hall–Kier alpha value is -3.65. The van der Waals surface area contributed by atoms with E-state index in [1.807, 2.05) is 31.2 Å². The van der Waals surface area contributed by atoms with Crippen LogP contribution in [0.2, 0.25) is 0 Å². The third-order valence-electron chi connectivity index (χ3n) is 4.23. The number of nitrogens with one attached hydrogen (secondary N) is 1. The first-order valence-corrected chi connectivity index (χ1v) is 10.2. The van der Waals surface area contributed by atoms with Gasteiger partial charge in [-0.25, -0.2) is 19.7 Å². The monoisotopic (exact) mass is 418 g/mol. The molecule has 150 valence electrons. The quantitative estimate of drug-likeness (QED) is 0.461. The van der Waals surface area contributed by atoms with Crippen LogP contribution in [0.5, 0.6) is 0 Å². The molecule has 2 aromatic carbocycles. The number of hydrogen-bond acceptors (Lipinski definition) is 7. The molecule has 30 heavy (non-hydrogen) atoms. The Bertz CT molecular complexity index is 1170. The number of aromatic nitrogens is 3. The number of para-hydroxylation sites is 1. The third kappa shape index (κ3) is 4.18. The van der Waals surface area contributed by atoms with Crippen LogP contribution in [0.3, 0.4) is 0 Å². The van der Waals surface area contributed by atoms with Gasteiger partial charge in [-0.2, -0.15) is 0 Å². The number of anilines is 1. The second kappa shape index (κ2) is 8.79. The van der Waals surface area contributed by atoms with Gasteiger partial charge in [0.15, 0.2) is 5.69 Å². The van der Waals surface area contributed by atoms with Crippen molar-refractivity contribution < 1.29 is 14.3 Å². The summed E-state index contributed by atoms with van der Waals surface area (Å²) in [5.74, 6) is -0.791. The lowest BCUT2D eigenvalue weighted by Crippen LogP contribution is -2.16. The molecule has 0 saturated carbocycles. The molecular weight excluding hydrogens is 400 g/mol. The Morgan fingerprint density at radius 3 is 2.57 bits per heavy atom. The number of amides is 1. The van der Waals surface area contributed by atoms with Gasteiger partial charge in [0.2, 0.25) is 0 Å². The van der Waals surface area contributed by atoms with Crippen molar-refractivity contribution in [2.75, 3.05) is 11.9 Å². The number of benzene rings is 2. The van der Waals surface area contributed by atoms with Gasteiger partial charge in [0.1, 0.15) is 10.7 Å². The van der Waals surface area contributed by atoms with Gasteiger partial charge in [0.25, 0.3) is 5.91 Å². The van der Waals surface area contributed by atoms with Crippen molar-refractivity contribution in [3.05, 3.63) is 72.2 Å². The number of carbonyl (C=O) groups is 2. The molecule has 0 radical (unpaired) electrons. The summed E-state index contributed by atoms with van der Waals surface area (Å²) in [7, 11) is 0. The molecule has 0 unspecified atom stereocenters. The number of ether oxygens (including phenoxy) is 1. The topological polar surface area (TPSA) is 94.1 Å². The van der Waals surface area contributed by atoms with Crippen molar-refractivity contribution in [1.82, 2.24) is 15.0 Å². The fraction of sp³-hybridized carbons (Fsp3) is 0.136. The van der Waals surface area contributed by atoms with Gasteiger partial charge in [0, 0.05) is 18.1 Å². The molecule has 4 aromatic rings. The molecule has 0 aliphatic carbocycles. The van der Waals surface area contributed by atoms with E-state index in [0.29, 0.717) is 28.6 Å². The molecule has 8 heteroatoms. The highest BCUT2D eigenvalue weighted by Crippen LogP contribution is 2.30. The number of hydrogen-bond donors (Lipinski definition) is 1. The molecule has 7 nitrogen and oxygen atoms in total. The second-order valence-corrected chi connectivity index (χ2v) is 7.44. The molecule has 4 rings (SSSR count). The summed E-state index contributed by atoms with van der Waals surface area (Å²) in [5.41, 5.74) is 2.42. The molecule has 0 fully saturated rings. The van der Waals surface area contributed by atoms with Gasteiger partial charge in [-0.15, -0.1) is 11.3 Å². The SMILES string of the molecule is CCCOC(=O)c1ccc(NC(=O)c2nccnc2-c2nc3ccccc3s2)cc1. The fourth-order valence-electron chi connectivity index (χ4n) is 2.79. The first kappa shape index (κ1) is 19.7. The summed E-state index contributed by atoms with van der Waals surface area (Å²) < 4.78 is 6.12. The summed E-state index contributed by atoms with van der Waals surface area (Å²) in [4.78, 5) is 37.9. The fourth-order valence-corrected chi connectivity index (χ4v) is 3.76. The van der Waals surface area contributed by atoms with Gasteiger partial charge >= 0.3 is 5.97 Å². The predicted molar refractivity (Wildman–Crippen MR) is 116 cm³/mol. The maximum absolute atomic E-state index is 12.9. The minimum absolute atomic E-state index is 0.183. The van der Waals surface area contributed by atoms with Crippen LogP contribution in [0.1, 0.15) is 34.2 Å². The van der Waals surface area contributed by atoms with Crippen LogP contribution in [-0.2, 0) is 4.74 Å². The van der Waals surface area contributed by atoms with Crippen molar-refractivity contribution in [2.45, 2.75) is 13.3 Å². The molecule has 0 saturated heterocycles. The Balaban J connectivity index is 1.55. The number of fused-ring (bicyclic) bond motifs is 1. The molecule has 2 aromatic heterocycles. The largest absolute Gasteiger partial charge is 0.462 e. The third-order valence-corrected chi connectivity index (χ3v) is 5.27. The highest BCUT2D eigenvalue weighted by molar-refractivity contribution is 7.21. The lowest BCUT2D eigenvalue weighted by molar-refractivity contribution is 0.0505. The molecule has 0 aliphatic heterocycles. The van der Waals surface area contributed by atoms with Crippen molar-refractivity contribution in [3.8, 4) is 10.7 Å². The van der Waals surface area contributed by atoms with Crippen LogP contribution >= 0.6 is 11.3 Å². The molecule has 0 aliphatic rings. The summed E-state index contributed by atoms with van der Waals surface area (Å²) >= 11 is 1.45. The summed E-state index contributed by atoms with van der Waals surface area (Å²) in [5, 5.41) is 3.42. The van der Waals surface area contributed by atoms with E-state index < -0.39 is 5.91 Å². The molecule has 0 spiro atoms. The smallest absolute Gasteiger partial charge is 0.338 e. The standard InChI is InChI=1S/C22H18N4O3S/c1-2-13-29-22(28)14-7-9-15(10-8-14)25-20(27)18-19(24-12-11-23-18)21-26-16-5-3-4-6-17(16)30-21/h3-12H,2,13H2,1H3,(H,25,27). The van der Waals surface area contributed by atoms with E-state index in [0.717, 1.165) is 16.6 Å². The van der Waals surface area contributed by atoms with Crippen molar-refractivity contribution >= 4 is 39.1 Å². The maximum Gasteiger partial charge on any atom is 0.338 e. The van der Waals surface area contributed by atoms with E-state index in [1.54, 1.807) is 24.3 Å². The molecule has 0 atom stereocenters. The van der Waals surface area contributed by atoms with Crippen LogP contribution in [0.15, 0.2) is 60.9 Å². The molecule has 1 N–H and O–H groups in total. The minimum Gasteiger partial charge on any atom is -0.462 e. The minimum atomic E-state index is -0.404. The van der Waals surface area contributed by atoms with Crippen LogP contribution < -0.4 is 5.32 Å². The van der Waals surface area contributed by atoms with Gasteiger partial charge in [0.05, 0.1) is 22.4 Å². The van der Waals surface area contributed by atoms with Gasteiger partial charge < -0.3 is 10.1 Å². The van der Waals surface area contributed by atoms with E-state index in [-0.39, 0.29) is 11.7 Å². The maximum atomic E-state index is 12.9. The first-order chi connectivity index (χ1) is 14.7. The number of thiazole rings is 1. The molecule has 2 heterocycles. The summed E-state index contributed by atoms with van der Waals surface area (Å²) in [6.45, 7) is 2.31. The van der Waals surface area contributed by atoms with Gasteiger partial charge in [-0.3, -0.25) is 4.79 Å². The van der Waals surface area contributed by atoms with E-state index in [1.165, 1.54) is 23.7 Å². The average molecular weight is 418 g/mol. The number of nitrogens with zero attached hydrogens (tertiary/aromatic N) is 3. The first-order valence-electron chi connectivity index (χ1n) is 9.41. The van der Waals surface area contributed by atoms with Crippen molar-refractivity contribution in [2.24, 2.45) is 0 Å². The average Bonchev–Trinajstić information content (AvgIpc) is 3.22. The lowest BCUT2D eigenvalue weighted by Gasteiger charge is -2.08. The van der Waals surface area contributed by atoms with E-state index >= 15 is 0 Å². The van der Waals surface area contributed by atoms with E-state index in [2.05, 4.69) is 20.3 Å². The predicted octanol–water partition coefficient (Wildman–Crippen LogP) is 4.57. The Kier molecular flexibility index (Phi) is 5.76. The molecule has 0 bridgehead atoms. The zero-order valence-corrected chi connectivity index (χ0v) is 17.0. The van der Waals surface area contributed by atoms with E-state index in [9.17, 15) is 9.59 Å². The highest BCUT2D eigenvalue weighted by Gasteiger charge is 2.19. The molecule has 1 amide bonds. The lowest BCUT2D eigenvalue weighted by atomic mass is 10.2. The van der Waals surface area contributed by atoms with Crippen LogP contribution in [0.25, 0.3) is 20.9 Å². The number of esters is 1. The summed E-state index contributed by atoms with van der Waals surface area (Å²) in [6, 6.07) is 14.3. The number of carbonyl (C=O) groups excluding carboxylic acids is 2. The Labute approximate surface area is 176 Å². The highest BCUT2D eigenvalue weighted by atomic mass is 32.1. The van der Waals surface area contributed by atoms with Gasteiger partial charge in [-0.05, 0) is 42.8 Å². The van der Waals surface area contributed by atoms with Crippen LogP contribution in [0, 0.1) is 0 Å². The Morgan fingerprint density at radius 2 is 1.80 bits per heavy atom. The Morgan fingerprint density at radius 1 is 1.03 bits per heavy atom. The molecular formula is C22H18N4O3S. The zero-order chi connectivity index (χ0) is 20.9. The van der Waals surface area contributed by atoms with Crippen molar-refractivity contribution in [1.29, 1.82) is 0 Å².